The molecule has 4 rings (SSSR count). The van der Waals surface area contributed by atoms with Crippen molar-refractivity contribution in [3.63, 3.8) is 0 Å². The highest BCUT2D eigenvalue weighted by atomic mass is 32.2. The minimum absolute atomic E-state index is 0.215. The maximum absolute atomic E-state index is 12.5. The molecule has 1 aliphatic rings. The van der Waals surface area contributed by atoms with Gasteiger partial charge in [0.15, 0.2) is 0 Å². The molecule has 1 fully saturated rings. The lowest BCUT2D eigenvalue weighted by Gasteiger charge is -2.09. The van der Waals surface area contributed by atoms with Crippen molar-refractivity contribution >= 4 is 63.0 Å². The van der Waals surface area contributed by atoms with Crippen LogP contribution in [0.2, 0.25) is 0 Å². The number of aromatic nitrogens is 1. The molecule has 3 aromatic heterocycles. The molecule has 24 heavy (non-hydrogen) atoms. The topological polar surface area (TPSA) is 50.3 Å². The first-order valence-electron chi connectivity index (χ1n) is 6.96. The smallest absolute Gasteiger partial charge is 0.268 e. The first kappa shape index (κ1) is 15.8. The van der Waals surface area contributed by atoms with Crippen LogP contribution in [0.3, 0.4) is 0 Å². The summed E-state index contributed by atoms with van der Waals surface area (Å²) in [6.07, 6.45) is 1.77. The van der Waals surface area contributed by atoms with Crippen molar-refractivity contribution in [2.45, 2.75) is 6.54 Å². The van der Waals surface area contributed by atoms with Crippen LogP contribution in [0.15, 0.2) is 44.6 Å². The van der Waals surface area contributed by atoms with Gasteiger partial charge >= 0.3 is 0 Å². The van der Waals surface area contributed by atoms with Crippen LogP contribution in [-0.4, -0.2) is 21.0 Å². The number of hydrogen-bond acceptors (Lipinski definition) is 7. The van der Waals surface area contributed by atoms with Gasteiger partial charge < -0.3 is 0 Å². The lowest BCUT2D eigenvalue weighted by atomic mass is 10.3. The average Bonchev–Trinajstić information content (AvgIpc) is 3.33. The number of thiophene rings is 2. The highest BCUT2D eigenvalue weighted by Gasteiger charge is 2.35. The Balaban J connectivity index is 1.52. The summed E-state index contributed by atoms with van der Waals surface area (Å²) in [6, 6.07) is 5.85. The van der Waals surface area contributed by atoms with Crippen LogP contribution in [0, 0.1) is 0 Å². The molecule has 3 aromatic rings. The quantitative estimate of drug-likeness (QED) is 0.577. The van der Waals surface area contributed by atoms with Gasteiger partial charge in [0.25, 0.3) is 11.1 Å². The van der Waals surface area contributed by atoms with Crippen LogP contribution < -0.4 is 0 Å². The summed E-state index contributed by atoms with van der Waals surface area (Å²) in [7, 11) is 0. The van der Waals surface area contributed by atoms with E-state index in [4.69, 9.17) is 0 Å². The van der Waals surface area contributed by atoms with Crippen LogP contribution in [-0.2, 0) is 11.3 Å². The number of thiazole rings is 1. The summed E-state index contributed by atoms with van der Waals surface area (Å²) >= 11 is 5.67. The average molecular weight is 391 g/mol. The van der Waals surface area contributed by atoms with E-state index in [-0.39, 0.29) is 17.7 Å². The van der Waals surface area contributed by atoms with Gasteiger partial charge in [0.1, 0.15) is 5.01 Å². The molecule has 0 aliphatic carbocycles. The Morgan fingerprint density at radius 1 is 1.12 bits per heavy atom. The van der Waals surface area contributed by atoms with Gasteiger partial charge in [-0.25, -0.2) is 4.98 Å². The van der Waals surface area contributed by atoms with Gasteiger partial charge in [-0.3, -0.25) is 14.5 Å². The number of rotatable bonds is 4. The molecule has 8 heteroatoms. The van der Waals surface area contributed by atoms with Crippen molar-refractivity contribution in [1.82, 2.24) is 9.88 Å². The number of nitrogens with zero attached hydrogens (tertiary/aromatic N) is 2. The molecular formula is C16H10N2O2S4. The van der Waals surface area contributed by atoms with E-state index in [1.807, 2.05) is 39.7 Å². The Hall–Kier alpha value is -1.74. The molecule has 4 nitrogen and oxygen atoms in total. The van der Waals surface area contributed by atoms with Crippen LogP contribution in [0.4, 0.5) is 4.79 Å². The van der Waals surface area contributed by atoms with Crippen LogP contribution in [0.1, 0.15) is 10.6 Å². The summed E-state index contributed by atoms with van der Waals surface area (Å²) < 4.78 is 0. The Labute approximate surface area is 154 Å². The van der Waals surface area contributed by atoms with E-state index in [1.54, 1.807) is 17.4 Å². The van der Waals surface area contributed by atoms with Gasteiger partial charge in [-0.1, -0.05) is 6.07 Å². The van der Waals surface area contributed by atoms with Crippen LogP contribution in [0.5, 0.6) is 0 Å². The largest absolute Gasteiger partial charge is 0.293 e. The SMILES string of the molecule is O=C1S/C(=C\c2cccs2)C(=O)N1Cc1csc(-c2ccsc2)n1. The molecule has 0 N–H and O–H groups in total. The Morgan fingerprint density at radius 2 is 2.04 bits per heavy atom. The molecule has 1 saturated heterocycles. The van der Waals surface area contributed by atoms with Gasteiger partial charge in [0, 0.05) is 21.2 Å². The van der Waals surface area contributed by atoms with E-state index in [9.17, 15) is 9.59 Å². The maximum Gasteiger partial charge on any atom is 0.293 e. The molecule has 0 unspecified atom stereocenters. The molecule has 0 aromatic carbocycles. The molecule has 4 heterocycles. The lowest BCUT2D eigenvalue weighted by Crippen LogP contribution is -2.27. The normalized spacial score (nSPS) is 16.5. The number of carbonyl (C=O) groups is 2. The van der Waals surface area contributed by atoms with E-state index in [0.29, 0.717) is 4.91 Å². The Bertz CT molecular complexity index is 910. The Morgan fingerprint density at radius 3 is 2.79 bits per heavy atom. The summed E-state index contributed by atoms with van der Waals surface area (Å²) in [5, 5.41) is 8.55. The molecule has 120 valence electrons. The zero-order chi connectivity index (χ0) is 16.5. The van der Waals surface area contributed by atoms with Gasteiger partial charge in [-0.2, -0.15) is 11.3 Å². The first-order chi connectivity index (χ1) is 11.7. The molecule has 2 amide bonds. The summed E-state index contributed by atoms with van der Waals surface area (Å²) in [5.74, 6) is -0.247. The van der Waals surface area contributed by atoms with Crippen molar-refractivity contribution in [3.05, 3.63) is 55.2 Å². The van der Waals surface area contributed by atoms with Crippen molar-refractivity contribution in [2.24, 2.45) is 0 Å². The van der Waals surface area contributed by atoms with Gasteiger partial charge in [-0.15, -0.1) is 22.7 Å². The van der Waals surface area contributed by atoms with Crippen LogP contribution in [0.25, 0.3) is 16.6 Å². The third kappa shape index (κ3) is 3.10. The van der Waals surface area contributed by atoms with Gasteiger partial charge in [0.05, 0.1) is 17.1 Å². The highest BCUT2D eigenvalue weighted by molar-refractivity contribution is 8.18. The second-order valence-corrected chi connectivity index (χ2v) is 8.55. The number of thioether (sulfide) groups is 1. The van der Waals surface area contributed by atoms with Gasteiger partial charge in [-0.05, 0) is 40.7 Å². The number of amides is 2. The summed E-state index contributed by atoms with van der Waals surface area (Å²) in [4.78, 5) is 31.9. The van der Waals surface area contributed by atoms with Gasteiger partial charge in [0.2, 0.25) is 0 Å². The fraction of sp³-hybridized carbons (Fsp3) is 0.0625. The first-order valence-corrected chi connectivity index (χ1v) is 10.5. The summed E-state index contributed by atoms with van der Waals surface area (Å²) in [6.45, 7) is 0.215. The molecule has 0 bridgehead atoms. The van der Waals surface area contributed by atoms with E-state index >= 15 is 0 Å². The standard InChI is InChI=1S/C16H10N2O2S4/c19-15-13(6-12-2-1-4-22-12)24-16(20)18(15)7-11-9-23-14(17-11)10-3-5-21-8-10/h1-6,8-9H,7H2/b13-6-. The molecule has 0 radical (unpaired) electrons. The van der Waals surface area contributed by atoms with Crippen molar-refractivity contribution in [3.8, 4) is 10.6 Å². The second kappa shape index (κ2) is 6.64. The van der Waals surface area contributed by atoms with Crippen molar-refractivity contribution < 1.29 is 9.59 Å². The van der Waals surface area contributed by atoms with Crippen molar-refractivity contribution in [2.75, 3.05) is 0 Å². The predicted molar refractivity (Wildman–Crippen MR) is 101 cm³/mol. The third-order valence-electron chi connectivity index (χ3n) is 3.33. The Kier molecular flexibility index (Phi) is 4.36. The predicted octanol–water partition coefficient (Wildman–Crippen LogP) is 5.17. The fourth-order valence-corrected chi connectivity index (χ4v) is 5.28. The fourth-order valence-electron chi connectivity index (χ4n) is 2.20. The molecule has 1 aliphatic heterocycles. The second-order valence-electron chi connectivity index (χ2n) is 4.94. The number of imide groups is 1. The summed E-state index contributed by atoms with van der Waals surface area (Å²) in [5.41, 5.74) is 1.81. The molecule has 0 spiro atoms. The van der Waals surface area contributed by atoms with Crippen LogP contribution >= 0.6 is 45.8 Å². The molecular weight excluding hydrogens is 380 g/mol. The van der Waals surface area contributed by atoms with E-state index in [2.05, 4.69) is 4.98 Å². The zero-order valence-electron chi connectivity index (χ0n) is 12.2. The minimum atomic E-state index is -0.247. The zero-order valence-corrected chi connectivity index (χ0v) is 15.4. The minimum Gasteiger partial charge on any atom is -0.268 e. The third-order valence-corrected chi connectivity index (χ3v) is 6.68. The lowest BCUT2D eigenvalue weighted by molar-refractivity contribution is -0.123. The number of hydrogen-bond donors (Lipinski definition) is 0. The maximum atomic E-state index is 12.5. The monoisotopic (exact) mass is 390 g/mol. The number of carbonyl (C=O) groups excluding carboxylic acids is 2. The highest BCUT2D eigenvalue weighted by Crippen LogP contribution is 2.34. The van der Waals surface area contributed by atoms with E-state index in [1.165, 1.54) is 27.6 Å². The molecule has 0 atom stereocenters. The molecule has 0 saturated carbocycles. The van der Waals surface area contributed by atoms with Crippen molar-refractivity contribution in [1.29, 1.82) is 0 Å². The van der Waals surface area contributed by atoms with E-state index in [0.717, 1.165) is 32.9 Å². The van der Waals surface area contributed by atoms with E-state index < -0.39 is 0 Å².